The van der Waals surface area contributed by atoms with E-state index in [4.69, 9.17) is 4.74 Å². The zero-order valence-corrected chi connectivity index (χ0v) is 24.2. The van der Waals surface area contributed by atoms with Crippen molar-refractivity contribution in [1.29, 1.82) is 0 Å². The van der Waals surface area contributed by atoms with Crippen molar-refractivity contribution in [1.82, 2.24) is 14.7 Å². The van der Waals surface area contributed by atoms with Crippen LogP contribution in [0.3, 0.4) is 0 Å². The molecule has 2 saturated heterocycles. The van der Waals surface area contributed by atoms with Crippen molar-refractivity contribution in [3.63, 3.8) is 0 Å². The third-order valence-corrected chi connectivity index (χ3v) is 9.01. The Labute approximate surface area is 237 Å². The van der Waals surface area contributed by atoms with Gasteiger partial charge in [0.2, 0.25) is 17.7 Å². The second kappa shape index (κ2) is 11.1. The van der Waals surface area contributed by atoms with Crippen LogP contribution in [0.15, 0.2) is 54.6 Å². The lowest BCUT2D eigenvalue weighted by molar-refractivity contribution is -0.156. The van der Waals surface area contributed by atoms with Crippen LogP contribution in [0.4, 0.5) is 0 Å². The summed E-state index contributed by atoms with van der Waals surface area (Å²) < 4.78 is 6.91. The highest BCUT2D eigenvalue weighted by Gasteiger charge is 2.75. The number of carbonyl (C=O) groups is 3. The first-order chi connectivity index (χ1) is 19.2. The van der Waals surface area contributed by atoms with E-state index in [2.05, 4.69) is 6.92 Å². The van der Waals surface area contributed by atoms with Gasteiger partial charge in [0.15, 0.2) is 0 Å². The second-order valence-corrected chi connectivity index (χ2v) is 12.4. The maximum absolute atomic E-state index is 14.6. The number of unbranched alkanes of at least 4 members (excludes halogenated alkanes) is 1. The third kappa shape index (κ3) is 4.69. The average Bonchev–Trinajstić information content (AvgIpc) is 3.21. The predicted octanol–water partition coefficient (Wildman–Crippen LogP) is 3.16. The van der Waals surface area contributed by atoms with Crippen LogP contribution < -0.4 is 0 Å². The molecule has 0 saturated carbocycles. The van der Waals surface area contributed by atoms with E-state index < -0.39 is 35.1 Å². The highest BCUT2D eigenvalue weighted by molar-refractivity contribution is 6.00. The lowest BCUT2D eigenvalue weighted by Gasteiger charge is -2.40. The van der Waals surface area contributed by atoms with Crippen molar-refractivity contribution >= 4 is 17.7 Å². The Morgan fingerprint density at radius 3 is 2.35 bits per heavy atom. The number of aliphatic hydroxyl groups excluding tert-OH is 1. The minimum absolute atomic E-state index is 0.149. The third-order valence-electron chi connectivity index (χ3n) is 9.01. The molecule has 0 aliphatic carbocycles. The molecule has 216 valence electrons. The van der Waals surface area contributed by atoms with E-state index in [1.54, 1.807) is 14.7 Å². The molecule has 5 rings (SSSR count). The number of fused-ring (bicyclic) bond motifs is 2. The number of hydrogen-bond acceptors (Lipinski definition) is 5. The van der Waals surface area contributed by atoms with E-state index in [1.807, 2.05) is 75.4 Å². The number of carbonyl (C=O) groups excluding carboxylic acids is 3. The lowest BCUT2D eigenvalue weighted by Crippen LogP contribution is -2.59. The van der Waals surface area contributed by atoms with Gasteiger partial charge in [-0.05, 0) is 31.2 Å². The Hall–Kier alpha value is -2.97. The number of likely N-dealkylation sites (tertiary alicyclic amines) is 1. The summed E-state index contributed by atoms with van der Waals surface area (Å²) in [5.74, 6) is -2.07. The van der Waals surface area contributed by atoms with Crippen LogP contribution in [0.1, 0.15) is 52.5 Å². The molecule has 3 amide bonds. The molecule has 0 aromatic heterocycles. The van der Waals surface area contributed by atoms with Gasteiger partial charge in [-0.1, -0.05) is 81.8 Å². The average molecular weight is 550 g/mol. The Bertz CT molecular complexity index is 1180. The van der Waals surface area contributed by atoms with Gasteiger partial charge in [-0.2, -0.15) is 0 Å². The number of aliphatic hydroxyl groups is 1. The molecule has 1 aromatic rings. The summed E-state index contributed by atoms with van der Waals surface area (Å²) in [5, 5.41) is 10.5. The van der Waals surface area contributed by atoms with Crippen LogP contribution in [-0.4, -0.2) is 87.1 Å². The highest BCUT2D eigenvalue weighted by atomic mass is 16.5. The van der Waals surface area contributed by atoms with Crippen LogP contribution in [-0.2, 0) is 25.7 Å². The number of benzene rings is 1. The van der Waals surface area contributed by atoms with Crippen LogP contribution in [0.2, 0.25) is 0 Å². The Balaban J connectivity index is 1.60. The SMILES string of the molecule is CCCCN1CC=C[C@]23O[C@]4(C)C=CCN(Cc5ccccc5)C(=O)[C@@H]4[C@H]2C(=O)N([C@@H](CO)CC(C)C)C3C1=O. The van der Waals surface area contributed by atoms with Crippen LogP contribution in [0.5, 0.6) is 0 Å². The van der Waals surface area contributed by atoms with E-state index in [-0.39, 0.29) is 30.2 Å². The fourth-order valence-corrected chi connectivity index (χ4v) is 7.27. The Morgan fingerprint density at radius 1 is 0.975 bits per heavy atom. The fraction of sp³-hybridized carbons (Fsp3) is 0.594. The molecule has 2 fully saturated rings. The van der Waals surface area contributed by atoms with Crippen molar-refractivity contribution in [2.24, 2.45) is 17.8 Å². The van der Waals surface area contributed by atoms with Crippen molar-refractivity contribution in [3.8, 4) is 0 Å². The first-order valence-electron chi connectivity index (χ1n) is 14.8. The molecule has 4 heterocycles. The number of nitrogens with zero attached hydrogens (tertiary/aromatic N) is 3. The largest absolute Gasteiger partial charge is 0.394 e. The molecule has 1 aromatic carbocycles. The molecule has 40 heavy (non-hydrogen) atoms. The normalized spacial score (nSPS) is 32.3. The Kier molecular flexibility index (Phi) is 7.94. The number of rotatable bonds is 9. The predicted molar refractivity (Wildman–Crippen MR) is 152 cm³/mol. The fourth-order valence-electron chi connectivity index (χ4n) is 7.27. The first-order valence-corrected chi connectivity index (χ1v) is 14.8. The van der Waals surface area contributed by atoms with E-state index in [1.165, 1.54) is 0 Å². The van der Waals surface area contributed by atoms with Crippen molar-refractivity contribution in [2.45, 2.75) is 76.8 Å². The molecule has 0 bridgehead atoms. The van der Waals surface area contributed by atoms with Gasteiger partial charge in [-0.15, -0.1) is 0 Å². The molecule has 4 aliphatic heterocycles. The highest BCUT2D eigenvalue weighted by Crippen LogP contribution is 2.58. The van der Waals surface area contributed by atoms with E-state index in [0.29, 0.717) is 32.6 Å². The number of amides is 3. The molecule has 8 nitrogen and oxygen atoms in total. The molecule has 6 atom stereocenters. The summed E-state index contributed by atoms with van der Waals surface area (Å²) in [4.78, 5) is 48.4. The molecular formula is C32H43N3O5. The standard InChI is InChI=1S/C32H43N3O5/c1-5-6-16-33-17-11-15-32-26(29(38)35(27(32)30(33)39)24(21-36)19-22(2)3)25-28(37)34(18-10-14-31(25,4)40-32)20-23-12-8-7-9-13-23/h7-15,22,24-27,36H,5-6,16-21H2,1-4H3/t24-,25+,26+,27?,31-,32+/m1/s1. The molecule has 8 heteroatoms. The monoisotopic (exact) mass is 549 g/mol. The van der Waals surface area contributed by atoms with E-state index >= 15 is 0 Å². The van der Waals surface area contributed by atoms with Gasteiger partial charge < -0.3 is 24.5 Å². The van der Waals surface area contributed by atoms with Gasteiger partial charge in [0.25, 0.3) is 0 Å². The Morgan fingerprint density at radius 2 is 1.68 bits per heavy atom. The summed E-state index contributed by atoms with van der Waals surface area (Å²) in [6.45, 7) is 9.61. The maximum atomic E-state index is 14.6. The summed E-state index contributed by atoms with van der Waals surface area (Å²) >= 11 is 0. The summed E-state index contributed by atoms with van der Waals surface area (Å²) in [6, 6.07) is 8.33. The molecule has 1 spiro atoms. The molecular weight excluding hydrogens is 506 g/mol. The van der Waals surface area contributed by atoms with Gasteiger partial charge in [0.05, 0.1) is 30.1 Å². The summed E-state index contributed by atoms with van der Waals surface area (Å²) in [5.41, 5.74) is -1.34. The van der Waals surface area contributed by atoms with Crippen LogP contribution in [0, 0.1) is 17.8 Å². The lowest BCUT2D eigenvalue weighted by atomic mass is 9.74. The minimum atomic E-state index is -1.30. The maximum Gasteiger partial charge on any atom is 0.249 e. The second-order valence-electron chi connectivity index (χ2n) is 12.4. The minimum Gasteiger partial charge on any atom is -0.394 e. The molecule has 1 N–H and O–H groups in total. The quantitative estimate of drug-likeness (QED) is 0.478. The van der Waals surface area contributed by atoms with Gasteiger partial charge >= 0.3 is 0 Å². The zero-order valence-electron chi connectivity index (χ0n) is 24.2. The first kappa shape index (κ1) is 28.6. The summed E-state index contributed by atoms with van der Waals surface area (Å²) in [6.07, 6.45) is 10.0. The van der Waals surface area contributed by atoms with Gasteiger partial charge in [-0.3, -0.25) is 14.4 Å². The van der Waals surface area contributed by atoms with Gasteiger partial charge in [0, 0.05) is 26.2 Å². The van der Waals surface area contributed by atoms with Gasteiger partial charge in [-0.25, -0.2) is 0 Å². The number of hydrogen-bond donors (Lipinski definition) is 1. The molecule has 0 radical (unpaired) electrons. The van der Waals surface area contributed by atoms with Crippen LogP contribution >= 0.6 is 0 Å². The summed E-state index contributed by atoms with van der Waals surface area (Å²) in [7, 11) is 0. The molecule has 1 unspecified atom stereocenters. The molecule has 4 aliphatic rings. The van der Waals surface area contributed by atoms with Crippen molar-refractivity contribution in [2.75, 3.05) is 26.2 Å². The zero-order chi connectivity index (χ0) is 28.7. The van der Waals surface area contributed by atoms with E-state index in [9.17, 15) is 19.5 Å². The van der Waals surface area contributed by atoms with Gasteiger partial charge in [0.1, 0.15) is 11.6 Å². The van der Waals surface area contributed by atoms with E-state index in [0.717, 1.165) is 18.4 Å². The smallest absolute Gasteiger partial charge is 0.249 e. The van der Waals surface area contributed by atoms with Crippen LogP contribution in [0.25, 0.3) is 0 Å². The topological polar surface area (TPSA) is 90.4 Å². The van der Waals surface area contributed by atoms with Crippen molar-refractivity contribution < 1.29 is 24.2 Å². The number of ether oxygens (including phenoxy) is 1. The van der Waals surface area contributed by atoms with Crippen molar-refractivity contribution in [3.05, 3.63) is 60.2 Å².